The maximum Gasteiger partial charge on any atom is 0.260 e. The normalized spacial score (nSPS) is 13.5. The van der Waals surface area contributed by atoms with Crippen molar-refractivity contribution >= 4 is 23.0 Å². The van der Waals surface area contributed by atoms with Gasteiger partial charge in [0.25, 0.3) is 5.91 Å². The van der Waals surface area contributed by atoms with Gasteiger partial charge < -0.3 is 25.2 Å². The highest BCUT2D eigenvalue weighted by molar-refractivity contribution is 6.15. The number of phenols is 2. The summed E-state index contributed by atoms with van der Waals surface area (Å²) in [6, 6.07) is 8.00. The number of nitrogens with one attached hydrogen (secondary N) is 1. The first-order valence-electron chi connectivity index (χ1n) is 12.0. The number of hydrogen-bond acceptors (Lipinski definition) is 5. The molecule has 1 heterocycles. The van der Waals surface area contributed by atoms with E-state index in [-0.39, 0.29) is 23.1 Å². The summed E-state index contributed by atoms with van der Waals surface area (Å²) in [5, 5.41) is 24.1. The molecule has 6 heteroatoms. The molecule has 0 radical (unpaired) electrons. The van der Waals surface area contributed by atoms with Crippen LogP contribution in [-0.4, -0.2) is 29.8 Å². The average Bonchev–Trinajstić information content (AvgIpc) is 2.93. The summed E-state index contributed by atoms with van der Waals surface area (Å²) < 4.78 is 5.33. The molecule has 1 aliphatic rings. The number of rotatable bonds is 9. The van der Waals surface area contributed by atoms with Crippen LogP contribution >= 0.6 is 0 Å². The number of hydrogen-bond donors (Lipinski definition) is 3. The van der Waals surface area contributed by atoms with E-state index in [0.717, 1.165) is 25.7 Å². The summed E-state index contributed by atoms with van der Waals surface area (Å²) in [7, 11) is 1.51. The molecule has 2 aromatic rings. The maximum absolute atomic E-state index is 13.5. The first-order chi connectivity index (χ1) is 16.7. The molecule has 0 spiro atoms. The fourth-order valence-corrected chi connectivity index (χ4v) is 4.04. The third-order valence-electron chi connectivity index (χ3n) is 6.11. The Bertz CT molecular complexity index is 1170. The zero-order chi connectivity index (χ0) is 25.5. The highest BCUT2D eigenvalue weighted by atomic mass is 16.5. The van der Waals surface area contributed by atoms with E-state index in [4.69, 9.17) is 4.74 Å². The minimum Gasteiger partial charge on any atom is -0.506 e. The molecule has 3 rings (SSSR count). The largest absolute Gasteiger partial charge is 0.506 e. The van der Waals surface area contributed by atoms with Crippen LogP contribution in [0.4, 0.5) is 17.1 Å². The number of aromatic hydroxyl groups is 2. The summed E-state index contributed by atoms with van der Waals surface area (Å²) in [4.78, 5) is 15.1. The molecule has 1 amide bonds. The van der Waals surface area contributed by atoms with Gasteiger partial charge in [-0.2, -0.15) is 0 Å². The van der Waals surface area contributed by atoms with Crippen molar-refractivity contribution in [2.45, 2.75) is 53.4 Å². The van der Waals surface area contributed by atoms with Crippen molar-refractivity contribution in [1.82, 2.24) is 0 Å². The van der Waals surface area contributed by atoms with Crippen molar-refractivity contribution in [3.63, 3.8) is 0 Å². The van der Waals surface area contributed by atoms with Crippen molar-refractivity contribution in [2.75, 3.05) is 23.9 Å². The van der Waals surface area contributed by atoms with Gasteiger partial charge >= 0.3 is 0 Å². The van der Waals surface area contributed by atoms with Gasteiger partial charge in [0.1, 0.15) is 22.9 Å². The summed E-state index contributed by atoms with van der Waals surface area (Å²) in [5.41, 5.74) is 5.35. The lowest BCUT2D eigenvalue weighted by atomic mass is 10.1. The zero-order valence-corrected chi connectivity index (χ0v) is 21.3. The van der Waals surface area contributed by atoms with Crippen LogP contribution in [-0.2, 0) is 0 Å². The Hall–Kier alpha value is -3.67. The van der Waals surface area contributed by atoms with Crippen molar-refractivity contribution in [3.8, 4) is 17.2 Å². The molecule has 0 bridgehead atoms. The molecule has 0 unspecified atom stereocenters. The third kappa shape index (κ3) is 6.47. The van der Waals surface area contributed by atoms with Gasteiger partial charge in [0.2, 0.25) is 0 Å². The molecule has 0 fully saturated rings. The predicted molar refractivity (Wildman–Crippen MR) is 143 cm³/mol. The zero-order valence-electron chi connectivity index (χ0n) is 21.3. The minimum absolute atomic E-state index is 0.0580. The van der Waals surface area contributed by atoms with Crippen LogP contribution in [0.1, 0.15) is 63.7 Å². The van der Waals surface area contributed by atoms with Crippen molar-refractivity contribution < 1.29 is 19.7 Å². The van der Waals surface area contributed by atoms with Gasteiger partial charge in [-0.25, -0.2) is 0 Å². The molecule has 0 aromatic heterocycles. The summed E-state index contributed by atoms with van der Waals surface area (Å²) in [5.74, 6) is 0.0410. The van der Waals surface area contributed by atoms with E-state index < -0.39 is 0 Å². The lowest BCUT2D eigenvalue weighted by Crippen LogP contribution is -2.30. The molecule has 0 saturated carbocycles. The van der Waals surface area contributed by atoms with Crippen LogP contribution in [0.25, 0.3) is 0 Å². The van der Waals surface area contributed by atoms with Crippen LogP contribution in [0.15, 0.2) is 65.3 Å². The van der Waals surface area contributed by atoms with E-state index in [1.54, 1.807) is 23.1 Å². The van der Waals surface area contributed by atoms with Gasteiger partial charge in [-0.1, -0.05) is 41.0 Å². The molecular formula is C29H36N2O4. The van der Waals surface area contributed by atoms with E-state index in [2.05, 4.69) is 45.2 Å². The first kappa shape index (κ1) is 25.9. The van der Waals surface area contributed by atoms with Crippen LogP contribution in [0.3, 0.4) is 0 Å². The fraction of sp³-hybridized carbons (Fsp3) is 0.345. The molecule has 6 nitrogen and oxygen atoms in total. The Morgan fingerprint density at radius 3 is 2.31 bits per heavy atom. The highest BCUT2D eigenvalue weighted by Gasteiger charge is 2.30. The molecule has 3 N–H and O–H groups in total. The fourth-order valence-electron chi connectivity index (χ4n) is 4.04. The van der Waals surface area contributed by atoms with Crippen LogP contribution in [0, 0.1) is 0 Å². The average molecular weight is 477 g/mol. The summed E-state index contributed by atoms with van der Waals surface area (Å²) in [6.07, 6.45) is 10.6. The lowest BCUT2D eigenvalue weighted by molar-refractivity contribution is 0.0991. The van der Waals surface area contributed by atoms with Gasteiger partial charge in [0.15, 0.2) is 0 Å². The molecule has 0 aliphatic carbocycles. The highest BCUT2D eigenvalue weighted by Crippen LogP contribution is 2.45. The quantitative estimate of drug-likeness (QED) is 0.263. The van der Waals surface area contributed by atoms with Crippen LogP contribution < -0.4 is 15.0 Å². The number of nitrogens with zero attached hydrogens (tertiary/aromatic N) is 1. The number of carbonyl (C=O) groups is 1. The number of phenolic OH excluding ortho intramolecular Hbond substituents is 2. The number of fused-ring (bicyclic) bond motifs is 2. The van der Waals surface area contributed by atoms with Gasteiger partial charge in [-0.15, -0.1) is 0 Å². The Morgan fingerprint density at radius 2 is 1.63 bits per heavy atom. The second-order valence-corrected chi connectivity index (χ2v) is 9.24. The monoisotopic (exact) mass is 476 g/mol. The Kier molecular flexibility index (Phi) is 8.63. The topological polar surface area (TPSA) is 82.0 Å². The summed E-state index contributed by atoms with van der Waals surface area (Å²) >= 11 is 0. The van der Waals surface area contributed by atoms with Gasteiger partial charge in [0, 0.05) is 18.7 Å². The Morgan fingerprint density at radius 1 is 0.943 bits per heavy atom. The minimum atomic E-state index is -0.270. The predicted octanol–water partition coefficient (Wildman–Crippen LogP) is 7.23. The smallest absolute Gasteiger partial charge is 0.260 e. The lowest BCUT2D eigenvalue weighted by Gasteiger charge is -2.23. The number of anilines is 3. The Labute approximate surface area is 208 Å². The molecule has 1 aliphatic heterocycles. The number of para-hydroxylation sites is 1. The molecule has 0 atom stereocenters. The van der Waals surface area contributed by atoms with E-state index in [1.807, 2.05) is 6.08 Å². The van der Waals surface area contributed by atoms with Crippen molar-refractivity contribution in [1.29, 1.82) is 0 Å². The Balaban J connectivity index is 1.82. The molecule has 0 saturated heterocycles. The second-order valence-electron chi connectivity index (χ2n) is 9.24. The molecule has 35 heavy (non-hydrogen) atoms. The van der Waals surface area contributed by atoms with Crippen molar-refractivity contribution in [3.05, 3.63) is 70.8 Å². The first-order valence-corrected chi connectivity index (χ1v) is 12.0. The van der Waals surface area contributed by atoms with Gasteiger partial charge in [-0.05, 0) is 65.5 Å². The number of amides is 1. The standard InChI is InChI=1S/C29H36N2O4/c1-19(2)9-6-10-20(3)11-7-12-21(4)15-16-31-24-17-22(35-5)18-26(33)28(24)30-27-23(29(31)34)13-8-14-25(27)32/h8-9,11,13-15,17-18,30,32-33H,6-7,10,12,16H2,1-5H3. The number of allylic oxidation sites excluding steroid dienone is 5. The number of methoxy groups -OCH3 is 1. The van der Waals surface area contributed by atoms with Crippen LogP contribution in [0.2, 0.25) is 0 Å². The van der Waals surface area contributed by atoms with E-state index in [1.165, 1.54) is 36.0 Å². The molecule has 186 valence electrons. The van der Waals surface area contributed by atoms with E-state index in [9.17, 15) is 15.0 Å². The molecule has 2 aromatic carbocycles. The third-order valence-corrected chi connectivity index (χ3v) is 6.11. The maximum atomic E-state index is 13.5. The molecular weight excluding hydrogens is 440 g/mol. The van der Waals surface area contributed by atoms with Crippen LogP contribution in [0.5, 0.6) is 17.2 Å². The van der Waals surface area contributed by atoms with E-state index in [0.29, 0.717) is 29.2 Å². The number of benzene rings is 2. The van der Waals surface area contributed by atoms with Gasteiger partial charge in [-0.3, -0.25) is 4.79 Å². The number of ether oxygens (including phenoxy) is 1. The van der Waals surface area contributed by atoms with E-state index >= 15 is 0 Å². The second kappa shape index (κ2) is 11.6. The SMILES string of the molecule is COc1cc(O)c2c(c1)N(CC=C(C)CCC=C(C)CCC=C(C)C)C(=O)c1cccc(O)c1N2. The van der Waals surface area contributed by atoms with Crippen molar-refractivity contribution in [2.24, 2.45) is 0 Å². The summed E-state index contributed by atoms with van der Waals surface area (Å²) in [6.45, 7) is 8.80. The van der Waals surface area contributed by atoms with Gasteiger partial charge in [0.05, 0.1) is 24.0 Å². The number of carbonyl (C=O) groups excluding carboxylic acids is 1.